The van der Waals surface area contributed by atoms with Gasteiger partial charge in [-0.15, -0.1) is 0 Å². The van der Waals surface area contributed by atoms with Crippen LogP contribution in [0.1, 0.15) is 13.3 Å². The number of carbonyl (C=O) groups excluding carboxylic acids is 1. The Morgan fingerprint density at radius 1 is 1.68 bits per heavy atom. The van der Waals surface area contributed by atoms with Gasteiger partial charge in [-0.3, -0.25) is 4.79 Å². The van der Waals surface area contributed by atoms with E-state index in [0.717, 1.165) is 0 Å². The average Bonchev–Trinajstić information content (AvgIpc) is 2.74. The molecule has 7 heteroatoms. The summed E-state index contributed by atoms with van der Waals surface area (Å²) in [5, 5.41) is 12.4. The van der Waals surface area contributed by atoms with E-state index in [1.54, 1.807) is 12.1 Å². The number of carbonyl (C=O) groups is 1. The molecule has 0 bridgehead atoms. The Labute approximate surface area is 111 Å². The van der Waals surface area contributed by atoms with Crippen molar-refractivity contribution in [1.82, 2.24) is 10.3 Å². The molecule has 104 valence electrons. The number of amides is 1. The number of nitrogens with two attached hydrogens (primary N) is 1. The van der Waals surface area contributed by atoms with E-state index in [0.29, 0.717) is 43.4 Å². The van der Waals surface area contributed by atoms with Crippen molar-refractivity contribution < 1.29 is 14.6 Å². The maximum Gasteiger partial charge on any atom is 0.239 e. The Morgan fingerprint density at radius 2 is 2.47 bits per heavy atom. The number of rotatable bonds is 5. The number of hydrogen-bond acceptors (Lipinski definition) is 6. The van der Waals surface area contributed by atoms with Crippen LogP contribution in [0.25, 0.3) is 0 Å². The second-order valence-electron chi connectivity index (χ2n) is 4.34. The minimum atomic E-state index is -0.493. The minimum Gasteiger partial charge on any atom is -0.476 e. The van der Waals surface area contributed by atoms with Gasteiger partial charge in [0.25, 0.3) is 0 Å². The van der Waals surface area contributed by atoms with Crippen molar-refractivity contribution >= 4 is 17.9 Å². The smallest absolute Gasteiger partial charge is 0.239 e. The Bertz CT molecular complexity index is 455. The van der Waals surface area contributed by atoms with E-state index in [1.165, 1.54) is 0 Å². The first kappa shape index (κ1) is 13.4. The Kier molecular flexibility index (Phi) is 4.06. The van der Waals surface area contributed by atoms with Gasteiger partial charge in [-0.05, 0) is 19.1 Å². The van der Waals surface area contributed by atoms with Crippen molar-refractivity contribution in [1.29, 1.82) is 0 Å². The molecule has 1 aromatic heterocycles. The average molecular weight is 266 g/mol. The normalized spacial score (nSPS) is 22.3. The molecule has 1 aliphatic heterocycles. The highest BCUT2D eigenvalue weighted by Crippen LogP contribution is 2.27. The summed E-state index contributed by atoms with van der Waals surface area (Å²) in [5.74, 6) is 0.986. The highest BCUT2D eigenvalue weighted by molar-refractivity contribution is 5.56. The number of pyridine rings is 1. The molecule has 1 saturated heterocycles. The number of nitrogens with one attached hydrogen (secondary N) is 1. The van der Waals surface area contributed by atoms with Gasteiger partial charge >= 0.3 is 0 Å². The summed E-state index contributed by atoms with van der Waals surface area (Å²) >= 11 is 0. The largest absolute Gasteiger partial charge is 0.476 e. The van der Waals surface area contributed by atoms with Crippen molar-refractivity contribution in [3.63, 3.8) is 0 Å². The minimum absolute atomic E-state index is 0.266. The molecule has 4 N–H and O–H groups in total. The number of hydrogen-bond donors (Lipinski definition) is 3. The van der Waals surface area contributed by atoms with Crippen molar-refractivity contribution in [2.75, 3.05) is 23.8 Å². The molecule has 19 heavy (non-hydrogen) atoms. The molecular formula is C12H18N4O3. The monoisotopic (exact) mass is 266 g/mol. The van der Waals surface area contributed by atoms with E-state index >= 15 is 0 Å². The molecule has 2 unspecified atom stereocenters. The third-order valence-electron chi connectivity index (χ3n) is 2.99. The first-order chi connectivity index (χ1) is 9.15. The van der Waals surface area contributed by atoms with Gasteiger partial charge < -0.3 is 25.8 Å². The van der Waals surface area contributed by atoms with Crippen LogP contribution in [0.15, 0.2) is 12.1 Å². The summed E-state index contributed by atoms with van der Waals surface area (Å²) in [4.78, 5) is 16.7. The lowest BCUT2D eigenvalue weighted by molar-refractivity contribution is -0.110. The molecule has 7 nitrogen and oxygen atoms in total. The molecule has 0 spiro atoms. The predicted octanol–water partition coefficient (Wildman–Crippen LogP) is -0.294. The van der Waals surface area contributed by atoms with Crippen molar-refractivity contribution in [2.45, 2.75) is 25.6 Å². The maximum atomic E-state index is 10.6. The zero-order valence-electron chi connectivity index (χ0n) is 10.7. The highest BCUT2D eigenvalue weighted by Gasteiger charge is 2.31. The summed E-state index contributed by atoms with van der Waals surface area (Å²) in [6.07, 6.45) is 0.330. The Morgan fingerprint density at radius 3 is 3.16 bits per heavy atom. The molecule has 2 rings (SSSR count). The number of β-amino-alcohol motifs (C(OH)–C–C–N with tert-alkyl or cyclic N) is 1. The van der Waals surface area contributed by atoms with Crippen LogP contribution in [0, 0.1) is 0 Å². The van der Waals surface area contributed by atoms with Gasteiger partial charge in [0.1, 0.15) is 12.0 Å². The third-order valence-corrected chi connectivity index (χ3v) is 2.99. The number of ether oxygens (including phenoxy) is 1. The van der Waals surface area contributed by atoms with Gasteiger partial charge in [-0.2, -0.15) is 4.98 Å². The van der Waals surface area contributed by atoms with Crippen LogP contribution in [0.3, 0.4) is 0 Å². The molecule has 1 aliphatic rings. The molecule has 2 heterocycles. The maximum absolute atomic E-state index is 10.6. The van der Waals surface area contributed by atoms with Gasteiger partial charge in [0.2, 0.25) is 12.3 Å². The van der Waals surface area contributed by atoms with Gasteiger partial charge in [-0.1, -0.05) is 0 Å². The SMILES string of the molecule is CCOc1nc(N2CC(O)CC2NC=O)ccc1N. The molecule has 1 fully saturated rings. The van der Waals surface area contributed by atoms with E-state index in [9.17, 15) is 9.90 Å². The number of anilines is 2. The lowest BCUT2D eigenvalue weighted by Gasteiger charge is -2.25. The van der Waals surface area contributed by atoms with Crippen LogP contribution >= 0.6 is 0 Å². The van der Waals surface area contributed by atoms with E-state index in [2.05, 4.69) is 10.3 Å². The zero-order valence-corrected chi connectivity index (χ0v) is 10.7. The van der Waals surface area contributed by atoms with E-state index in [1.807, 2.05) is 11.8 Å². The number of nitrogen functional groups attached to an aromatic ring is 1. The van der Waals surface area contributed by atoms with Crippen molar-refractivity contribution in [3.05, 3.63) is 12.1 Å². The fraction of sp³-hybridized carbons (Fsp3) is 0.500. The quantitative estimate of drug-likeness (QED) is 0.633. The van der Waals surface area contributed by atoms with Crippen LogP contribution < -0.4 is 20.7 Å². The van der Waals surface area contributed by atoms with Crippen molar-refractivity contribution in [2.24, 2.45) is 0 Å². The Hall–Kier alpha value is -2.02. The number of aliphatic hydroxyl groups excluding tert-OH is 1. The van der Waals surface area contributed by atoms with E-state index < -0.39 is 6.10 Å². The van der Waals surface area contributed by atoms with E-state index in [-0.39, 0.29) is 6.17 Å². The second kappa shape index (κ2) is 5.75. The summed E-state index contributed by atoms with van der Waals surface area (Å²) < 4.78 is 5.34. The fourth-order valence-electron chi connectivity index (χ4n) is 2.16. The summed E-state index contributed by atoms with van der Waals surface area (Å²) in [7, 11) is 0. The van der Waals surface area contributed by atoms with Gasteiger partial charge in [0.05, 0.1) is 18.4 Å². The topological polar surface area (TPSA) is 101 Å². The molecule has 1 amide bonds. The van der Waals surface area contributed by atoms with Gasteiger partial charge in [0, 0.05) is 13.0 Å². The first-order valence-electron chi connectivity index (χ1n) is 6.19. The van der Waals surface area contributed by atoms with Crippen LogP contribution in [-0.2, 0) is 4.79 Å². The number of nitrogens with zero attached hydrogens (tertiary/aromatic N) is 2. The number of aliphatic hydroxyl groups is 1. The molecule has 0 radical (unpaired) electrons. The fourth-order valence-corrected chi connectivity index (χ4v) is 2.16. The Balaban J connectivity index is 2.24. The van der Waals surface area contributed by atoms with Crippen LogP contribution in [0.4, 0.5) is 11.5 Å². The lowest BCUT2D eigenvalue weighted by atomic mass is 10.3. The van der Waals surface area contributed by atoms with Gasteiger partial charge in [-0.25, -0.2) is 0 Å². The van der Waals surface area contributed by atoms with Crippen LogP contribution in [0.5, 0.6) is 5.88 Å². The molecule has 0 saturated carbocycles. The second-order valence-corrected chi connectivity index (χ2v) is 4.34. The summed E-state index contributed by atoms with van der Waals surface area (Å²) in [6.45, 7) is 2.73. The highest BCUT2D eigenvalue weighted by atomic mass is 16.5. The molecule has 2 atom stereocenters. The van der Waals surface area contributed by atoms with Crippen molar-refractivity contribution in [3.8, 4) is 5.88 Å². The molecule has 1 aromatic rings. The summed E-state index contributed by atoms with van der Waals surface area (Å²) in [6, 6.07) is 3.45. The predicted molar refractivity (Wildman–Crippen MR) is 70.8 cm³/mol. The molecule has 0 aromatic carbocycles. The third kappa shape index (κ3) is 2.87. The molecular weight excluding hydrogens is 248 g/mol. The van der Waals surface area contributed by atoms with Crippen LogP contribution in [-0.4, -0.2) is 41.9 Å². The van der Waals surface area contributed by atoms with E-state index in [4.69, 9.17) is 10.5 Å². The van der Waals surface area contributed by atoms with Gasteiger partial charge in [0.15, 0.2) is 0 Å². The zero-order chi connectivity index (χ0) is 13.8. The number of aromatic nitrogens is 1. The standard InChI is InChI=1S/C12H18N4O3/c1-2-19-12-9(13)3-4-10(15-12)16-6-8(18)5-11(16)14-7-17/h3-4,7-8,11,18H,2,5-6,13H2,1H3,(H,14,17). The first-order valence-corrected chi connectivity index (χ1v) is 6.19. The lowest BCUT2D eigenvalue weighted by Crippen LogP contribution is -2.41. The van der Waals surface area contributed by atoms with Crippen LogP contribution in [0.2, 0.25) is 0 Å². The molecule has 0 aliphatic carbocycles. The summed E-state index contributed by atoms with van der Waals surface area (Å²) in [5.41, 5.74) is 6.23.